The number of aliphatic hydroxyl groups excluding tert-OH is 1. The van der Waals surface area contributed by atoms with Crippen LogP contribution in [0.2, 0.25) is 0 Å². The number of anilines is 2. The molecule has 0 saturated heterocycles. The number of carbonyl (C=O) groups is 1. The van der Waals surface area contributed by atoms with Gasteiger partial charge in [0, 0.05) is 17.8 Å². The highest BCUT2D eigenvalue weighted by atomic mass is 16.3. The third kappa shape index (κ3) is 2.76. The summed E-state index contributed by atoms with van der Waals surface area (Å²) in [5.41, 5.74) is 3.51. The van der Waals surface area contributed by atoms with Gasteiger partial charge in [-0.1, -0.05) is 35.9 Å². The number of aliphatic hydroxyl groups is 1. The van der Waals surface area contributed by atoms with Crippen LogP contribution in [0.15, 0.2) is 48.5 Å². The summed E-state index contributed by atoms with van der Waals surface area (Å²) < 4.78 is 0. The Balaban J connectivity index is 1.82. The van der Waals surface area contributed by atoms with Gasteiger partial charge in [-0.25, -0.2) is 4.79 Å². The monoisotopic (exact) mass is 282 g/mol. The number of urea groups is 1. The normalized spacial score (nSPS) is 17.2. The van der Waals surface area contributed by atoms with Gasteiger partial charge in [0.1, 0.15) is 0 Å². The summed E-state index contributed by atoms with van der Waals surface area (Å²) in [6.07, 6.45) is 0.0582. The summed E-state index contributed by atoms with van der Waals surface area (Å²) in [5, 5.41) is 12.9. The van der Waals surface area contributed by atoms with E-state index >= 15 is 0 Å². The zero-order chi connectivity index (χ0) is 14.8. The van der Waals surface area contributed by atoms with E-state index in [-0.39, 0.29) is 6.03 Å². The summed E-state index contributed by atoms with van der Waals surface area (Å²) in [4.78, 5) is 14.1. The van der Waals surface area contributed by atoms with Crippen LogP contribution in [0.4, 0.5) is 16.2 Å². The first-order valence-electron chi connectivity index (χ1n) is 7.07. The number of hydrogen-bond acceptors (Lipinski definition) is 2. The van der Waals surface area contributed by atoms with Gasteiger partial charge >= 0.3 is 6.03 Å². The number of nitrogens with zero attached hydrogens (tertiary/aromatic N) is 1. The second-order valence-electron chi connectivity index (χ2n) is 5.31. The van der Waals surface area contributed by atoms with Gasteiger partial charge in [0.2, 0.25) is 0 Å². The van der Waals surface area contributed by atoms with Crippen LogP contribution in [-0.4, -0.2) is 17.7 Å². The van der Waals surface area contributed by atoms with Gasteiger partial charge < -0.3 is 10.4 Å². The van der Waals surface area contributed by atoms with Gasteiger partial charge in [-0.05, 0) is 31.5 Å². The number of fused-ring (bicyclic) bond motifs is 1. The Kier molecular flexibility index (Phi) is 3.62. The highest BCUT2D eigenvalue weighted by molar-refractivity contribution is 6.02. The second kappa shape index (κ2) is 5.58. The lowest BCUT2D eigenvalue weighted by molar-refractivity contribution is 0.164. The molecule has 1 aliphatic rings. The highest BCUT2D eigenvalue weighted by Crippen LogP contribution is 2.33. The van der Waals surface area contributed by atoms with E-state index in [4.69, 9.17) is 0 Å². The Morgan fingerprint density at radius 2 is 1.90 bits per heavy atom. The molecule has 0 radical (unpaired) electrons. The smallest absolute Gasteiger partial charge is 0.326 e. The Hall–Kier alpha value is -2.33. The van der Waals surface area contributed by atoms with Gasteiger partial charge in [-0.2, -0.15) is 0 Å². The van der Waals surface area contributed by atoms with Gasteiger partial charge in [0.05, 0.1) is 11.8 Å². The fraction of sp³-hybridized carbons (Fsp3) is 0.235. The molecule has 21 heavy (non-hydrogen) atoms. The molecule has 2 N–H and O–H groups in total. The number of para-hydroxylation sites is 1. The summed E-state index contributed by atoms with van der Waals surface area (Å²) in [5.74, 6) is 0. The number of aryl methyl sites for hydroxylation is 1. The van der Waals surface area contributed by atoms with Crippen LogP contribution in [0.3, 0.4) is 0 Å². The molecule has 108 valence electrons. The van der Waals surface area contributed by atoms with E-state index in [1.807, 2.05) is 55.5 Å². The van der Waals surface area contributed by atoms with Gasteiger partial charge in [-0.15, -0.1) is 0 Å². The molecular weight excluding hydrogens is 264 g/mol. The first-order chi connectivity index (χ1) is 10.1. The summed E-state index contributed by atoms with van der Waals surface area (Å²) in [6.45, 7) is 2.52. The summed E-state index contributed by atoms with van der Waals surface area (Å²) in [6, 6.07) is 15.0. The fourth-order valence-corrected chi connectivity index (χ4v) is 2.58. The van der Waals surface area contributed by atoms with Crippen LogP contribution in [0, 0.1) is 6.92 Å². The van der Waals surface area contributed by atoms with Crippen molar-refractivity contribution in [1.29, 1.82) is 0 Å². The van der Waals surface area contributed by atoms with E-state index in [0.29, 0.717) is 13.0 Å². The number of rotatable bonds is 1. The molecule has 1 unspecified atom stereocenters. The molecule has 1 heterocycles. The average molecular weight is 282 g/mol. The maximum Gasteiger partial charge on any atom is 0.326 e. The Morgan fingerprint density at radius 1 is 1.19 bits per heavy atom. The van der Waals surface area contributed by atoms with E-state index in [1.165, 1.54) is 0 Å². The third-order valence-corrected chi connectivity index (χ3v) is 3.76. The number of nitrogens with one attached hydrogen (secondary N) is 1. The van der Waals surface area contributed by atoms with Crippen LogP contribution >= 0.6 is 0 Å². The quantitative estimate of drug-likeness (QED) is 0.841. The zero-order valence-electron chi connectivity index (χ0n) is 11.9. The Bertz CT molecular complexity index is 652. The number of hydrogen-bond donors (Lipinski definition) is 2. The third-order valence-electron chi connectivity index (χ3n) is 3.76. The van der Waals surface area contributed by atoms with Crippen molar-refractivity contribution in [3.63, 3.8) is 0 Å². The lowest BCUT2D eigenvalue weighted by Gasteiger charge is -2.32. The van der Waals surface area contributed by atoms with E-state index in [1.54, 1.807) is 4.90 Å². The van der Waals surface area contributed by atoms with E-state index in [2.05, 4.69) is 5.32 Å². The summed E-state index contributed by atoms with van der Waals surface area (Å²) in [7, 11) is 0. The average Bonchev–Trinajstić information content (AvgIpc) is 2.50. The van der Waals surface area contributed by atoms with Crippen molar-refractivity contribution >= 4 is 17.4 Å². The molecule has 1 aliphatic heterocycles. The van der Waals surface area contributed by atoms with Crippen LogP contribution in [-0.2, 0) is 0 Å². The lowest BCUT2D eigenvalue weighted by atomic mass is 9.99. The molecule has 0 aromatic heterocycles. The Morgan fingerprint density at radius 3 is 2.67 bits per heavy atom. The molecule has 0 saturated carbocycles. The SMILES string of the molecule is Cc1ccc(NC(=O)N2CCC(O)c3ccccc32)cc1. The van der Waals surface area contributed by atoms with Crippen molar-refractivity contribution in [3.8, 4) is 0 Å². The standard InChI is InChI=1S/C17H18N2O2/c1-12-6-8-13(9-7-12)18-17(21)19-11-10-16(20)14-4-2-3-5-15(14)19/h2-9,16,20H,10-11H2,1H3,(H,18,21). The fourth-order valence-electron chi connectivity index (χ4n) is 2.58. The molecule has 2 aromatic carbocycles. The molecule has 1 atom stereocenters. The predicted molar refractivity (Wildman–Crippen MR) is 83.6 cm³/mol. The van der Waals surface area contributed by atoms with Crippen molar-refractivity contribution in [3.05, 3.63) is 59.7 Å². The van der Waals surface area contributed by atoms with Crippen LogP contribution in [0.5, 0.6) is 0 Å². The van der Waals surface area contributed by atoms with Crippen molar-refractivity contribution in [2.24, 2.45) is 0 Å². The van der Waals surface area contributed by atoms with Crippen LogP contribution in [0.25, 0.3) is 0 Å². The number of amides is 2. The highest BCUT2D eigenvalue weighted by Gasteiger charge is 2.27. The van der Waals surface area contributed by atoms with Crippen molar-refractivity contribution in [2.45, 2.75) is 19.4 Å². The molecular formula is C17H18N2O2. The Labute approximate surface area is 124 Å². The van der Waals surface area contributed by atoms with Crippen LogP contribution in [0.1, 0.15) is 23.7 Å². The van der Waals surface area contributed by atoms with Crippen molar-refractivity contribution in [2.75, 3.05) is 16.8 Å². The van der Waals surface area contributed by atoms with Gasteiger partial charge in [0.15, 0.2) is 0 Å². The minimum absolute atomic E-state index is 0.168. The van der Waals surface area contributed by atoms with Crippen molar-refractivity contribution in [1.82, 2.24) is 0 Å². The maximum atomic E-state index is 12.5. The molecule has 0 aliphatic carbocycles. The molecule has 2 aromatic rings. The molecule has 0 spiro atoms. The van der Waals surface area contributed by atoms with Gasteiger partial charge in [0.25, 0.3) is 0 Å². The van der Waals surface area contributed by atoms with E-state index in [0.717, 1.165) is 22.5 Å². The topological polar surface area (TPSA) is 52.6 Å². The minimum atomic E-state index is -0.496. The molecule has 3 rings (SSSR count). The summed E-state index contributed by atoms with van der Waals surface area (Å²) >= 11 is 0. The first kappa shape index (κ1) is 13.6. The van der Waals surface area contributed by atoms with E-state index < -0.39 is 6.10 Å². The molecule has 4 heteroatoms. The van der Waals surface area contributed by atoms with Crippen molar-refractivity contribution < 1.29 is 9.90 Å². The number of benzene rings is 2. The molecule has 4 nitrogen and oxygen atoms in total. The molecule has 0 bridgehead atoms. The maximum absolute atomic E-state index is 12.5. The predicted octanol–water partition coefficient (Wildman–Crippen LogP) is 3.47. The zero-order valence-corrected chi connectivity index (χ0v) is 11.9. The lowest BCUT2D eigenvalue weighted by Crippen LogP contribution is -2.39. The van der Waals surface area contributed by atoms with E-state index in [9.17, 15) is 9.90 Å². The van der Waals surface area contributed by atoms with Gasteiger partial charge in [-0.3, -0.25) is 4.90 Å². The number of carbonyl (C=O) groups excluding carboxylic acids is 1. The first-order valence-corrected chi connectivity index (χ1v) is 7.07. The molecule has 0 fully saturated rings. The molecule has 2 amide bonds. The minimum Gasteiger partial charge on any atom is -0.388 e. The second-order valence-corrected chi connectivity index (χ2v) is 5.31. The van der Waals surface area contributed by atoms with Crippen LogP contribution < -0.4 is 10.2 Å². The largest absolute Gasteiger partial charge is 0.388 e.